The van der Waals surface area contributed by atoms with Crippen molar-refractivity contribution in [1.82, 2.24) is 19.8 Å². The summed E-state index contributed by atoms with van der Waals surface area (Å²) in [5, 5.41) is 4.15. The average Bonchev–Trinajstić information content (AvgIpc) is 3.34. The molecule has 3 aromatic rings. The zero-order chi connectivity index (χ0) is 24.2. The molecule has 4 rings (SSSR count). The maximum Gasteiger partial charge on any atom is 0.305 e. The van der Waals surface area contributed by atoms with Crippen molar-refractivity contribution in [2.24, 2.45) is 0 Å². The maximum atomic E-state index is 11.7. The van der Waals surface area contributed by atoms with Gasteiger partial charge in [0.2, 0.25) is 0 Å². The van der Waals surface area contributed by atoms with Crippen LogP contribution in [0.4, 0.5) is 0 Å². The molecule has 2 unspecified atom stereocenters. The minimum absolute atomic E-state index is 0.0572. The lowest BCUT2D eigenvalue weighted by molar-refractivity contribution is -0.140. The third kappa shape index (κ3) is 4.63. The third-order valence-corrected chi connectivity index (χ3v) is 6.68. The SMILES string of the molecule is COC(=O)CCCN1C(=S)NC(c2ccccn2)C1c1cc(C)n(-c2ccc(OC)cc2)c1C. The number of aryl methyl sites for hydroxylation is 1. The maximum absolute atomic E-state index is 11.7. The summed E-state index contributed by atoms with van der Waals surface area (Å²) in [5.74, 6) is 0.609. The molecule has 0 saturated carbocycles. The van der Waals surface area contributed by atoms with Crippen LogP contribution in [0.5, 0.6) is 5.75 Å². The Morgan fingerprint density at radius 1 is 1.15 bits per heavy atom. The smallest absolute Gasteiger partial charge is 0.305 e. The molecule has 3 heterocycles. The fourth-order valence-corrected chi connectivity index (χ4v) is 5.03. The first kappa shape index (κ1) is 23.8. The highest BCUT2D eigenvalue weighted by Crippen LogP contribution is 2.41. The number of methoxy groups -OCH3 is 2. The normalized spacial score (nSPS) is 17.5. The highest BCUT2D eigenvalue weighted by molar-refractivity contribution is 7.80. The number of aromatic nitrogens is 2. The minimum Gasteiger partial charge on any atom is -0.497 e. The standard InChI is InChI=1S/C26H30N4O3S/c1-17-16-21(18(2)30(17)19-10-12-20(32-3)13-11-19)25-24(22-8-5-6-14-27-22)28-26(34)29(25)15-7-9-23(31)33-4/h5-6,8,10-14,16,24-25H,7,9,15H2,1-4H3,(H,28,34). The Kier molecular flexibility index (Phi) is 7.17. The summed E-state index contributed by atoms with van der Waals surface area (Å²) in [7, 11) is 3.08. The molecule has 1 fully saturated rings. The quantitative estimate of drug-likeness (QED) is 0.380. The molecule has 0 bridgehead atoms. The molecule has 0 amide bonds. The predicted octanol–water partition coefficient (Wildman–Crippen LogP) is 4.42. The van der Waals surface area contributed by atoms with Gasteiger partial charge in [-0.15, -0.1) is 0 Å². The van der Waals surface area contributed by atoms with Gasteiger partial charge in [-0.1, -0.05) is 6.07 Å². The number of ether oxygens (including phenoxy) is 2. The van der Waals surface area contributed by atoms with Gasteiger partial charge in [-0.25, -0.2) is 0 Å². The Morgan fingerprint density at radius 2 is 1.91 bits per heavy atom. The summed E-state index contributed by atoms with van der Waals surface area (Å²) in [5.41, 5.74) is 5.44. The molecule has 2 aromatic heterocycles. The molecule has 34 heavy (non-hydrogen) atoms. The fourth-order valence-electron chi connectivity index (χ4n) is 4.70. The largest absolute Gasteiger partial charge is 0.497 e. The molecular formula is C26H30N4O3S. The van der Waals surface area contributed by atoms with Gasteiger partial charge in [0.15, 0.2) is 5.11 Å². The molecule has 0 aliphatic carbocycles. The van der Waals surface area contributed by atoms with Crippen LogP contribution in [0.15, 0.2) is 54.7 Å². The Morgan fingerprint density at radius 3 is 2.56 bits per heavy atom. The molecule has 2 atom stereocenters. The number of pyridine rings is 1. The van der Waals surface area contributed by atoms with E-state index in [0.717, 1.165) is 28.5 Å². The Bertz CT molecular complexity index is 1160. The fraction of sp³-hybridized carbons (Fsp3) is 0.346. The summed E-state index contributed by atoms with van der Waals surface area (Å²) >= 11 is 5.76. The first-order valence-electron chi connectivity index (χ1n) is 11.3. The summed E-state index contributed by atoms with van der Waals surface area (Å²) < 4.78 is 12.4. The first-order chi connectivity index (χ1) is 16.4. The first-order valence-corrected chi connectivity index (χ1v) is 11.7. The van der Waals surface area contributed by atoms with Crippen molar-refractivity contribution in [2.75, 3.05) is 20.8 Å². The van der Waals surface area contributed by atoms with Crippen molar-refractivity contribution in [2.45, 2.75) is 38.8 Å². The van der Waals surface area contributed by atoms with E-state index in [1.54, 1.807) is 13.3 Å². The van der Waals surface area contributed by atoms with Gasteiger partial charge in [-0.3, -0.25) is 9.78 Å². The molecule has 1 aliphatic heterocycles. The van der Waals surface area contributed by atoms with Crippen LogP contribution in [-0.4, -0.2) is 46.3 Å². The summed E-state index contributed by atoms with van der Waals surface area (Å²) in [6.45, 7) is 4.88. The monoisotopic (exact) mass is 478 g/mol. The van der Waals surface area contributed by atoms with Gasteiger partial charge >= 0.3 is 5.97 Å². The molecule has 1 N–H and O–H groups in total. The number of rotatable bonds is 8. The van der Waals surface area contributed by atoms with E-state index >= 15 is 0 Å². The van der Waals surface area contributed by atoms with Crippen molar-refractivity contribution >= 4 is 23.3 Å². The predicted molar refractivity (Wildman–Crippen MR) is 135 cm³/mol. The Balaban J connectivity index is 1.73. The number of nitrogens with zero attached hydrogens (tertiary/aromatic N) is 3. The van der Waals surface area contributed by atoms with Crippen molar-refractivity contribution in [1.29, 1.82) is 0 Å². The van der Waals surface area contributed by atoms with E-state index in [2.05, 4.69) is 51.8 Å². The molecule has 7 nitrogen and oxygen atoms in total. The number of hydrogen-bond acceptors (Lipinski definition) is 5. The van der Waals surface area contributed by atoms with Crippen LogP contribution in [0.25, 0.3) is 5.69 Å². The molecule has 1 aliphatic rings. The molecule has 8 heteroatoms. The second kappa shape index (κ2) is 10.3. The van der Waals surface area contributed by atoms with Gasteiger partial charge in [0, 0.05) is 36.2 Å². The molecule has 178 valence electrons. The zero-order valence-electron chi connectivity index (χ0n) is 19.9. The van der Waals surface area contributed by atoms with Gasteiger partial charge in [0.05, 0.1) is 32.0 Å². The molecule has 1 aromatic carbocycles. The molecule has 1 saturated heterocycles. The van der Waals surface area contributed by atoms with Gasteiger partial charge in [-0.05, 0) is 80.5 Å². The lowest BCUT2D eigenvalue weighted by Crippen LogP contribution is -2.31. The molecule has 0 spiro atoms. The van der Waals surface area contributed by atoms with Crippen LogP contribution in [0, 0.1) is 13.8 Å². The molecule has 0 radical (unpaired) electrons. The van der Waals surface area contributed by atoms with E-state index in [1.807, 2.05) is 30.3 Å². The lowest BCUT2D eigenvalue weighted by atomic mass is 9.96. The minimum atomic E-state index is -0.214. The third-order valence-electron chi connectivity index (χ3n) is 6.32. The number of hydrogen-bond donors (Lipinski definition) is 1. The van der Waals surface area contributed by atoms with E-state index in [1.165, 1.54) is 12.7 Å². The van der Waals surface area contributed by atoms with Gasteiger partial charge in [0.25, 0.3) is 0 Å². The highest BCUT2D eigenvalue weighted by atomic mass is 32.1. The molecular weight excluding hydrogens is 448 g/mol. The average molecular weight is 479 g/mol. The topological polar surface area (TPSA) is 68.6 Å². The van der Waals surface area contributed by atoms with Crippen LogP contribution in [-0.2, 0) is 9.53 Å². The van der Waals surface area contributed by atoms with Crippen molar-refractivity contribution in [3.05, 3.63) is 77.4 Å². The van der Waals surface area contributed by atoms with Crippen molar-refractivity contribution in [3.8, 4) is 11.4 Å². The van der Waals surface area contributed by atoms with Crippen molar-refractivity contribution in [3.63, 3.8) is 0 Å². The highest BCUT2D eigenvalue weighted by Gasteiger charge is 2.41. The van der Waals surface area contributed by atoms with Crippen molar-refractivity contribution < 1.29 is 14.3 Å². The van der Waals surface area contributed by atoms with Crippen LogP contribution in [0.2, 0.25) is 0 Å². The number of nitrogens with one attached hydrogen (secondary N) is 1. The van der Waals surface area contributed by atoms with Crippen LogP contribution >= 0.6 is 12.2 Å². The second-order valence-corrected chi connectivity index (χ2v) is 8.75. The van der Waals surface area contributed by atoms with E-state index in [4.69, 9.17) is 21.7 Å². The van der Waals surface area contributed by atoms with Crippen LogP contribution < -0.4 is 10.1 Å². The van der Waals surface area contributed by atoms with Gasteiger partial charge in [-0.2, -0.15) is 0 Å². The number of carbonyl (C=O) groups excluding carboxylic acids is 1. The van der Waals surface area contributed by atoms with E-state index in [9.17, 15) is 4.79 Å². The summed E-state index contributed by atoms with van der Waals surface area (Å²) in [6, 6.07) is 16.0. The Labute approximate surface area is 205 Å². The number of carbonyl (C=O) groups is 1. The van der Waals surface area contributed by atoms with Crippen LogP contribution in [0.3, 0.4) is 0 Å². The van der Waals surface area contributed by atoms with E-state index in [0.29, 0.717) is 24.5 Å². The second-order valence-electron chi connectivity index (χ2n) is 8.36. The Hall–Kier alpha value is -3.39. The number of esters is 1. The van der Waals surface area contributed by atoms with E-state index < -0.39 is 0 Å². The summed E-state index contributed by atoms with van der Waals surface area (Å²) in [4.78, 5) is 18.5. The van der Waals surface area contributed by atoms with Crippen LogP contribution in [0.1, 0.15) is 47.6 Å². The van der Waals surface area contributed by atoms with Gasteiger partial charge in [0.1, 0.15) is 5.75 Å². The lowest BCUT2D eigenvalue weighted by Gasteiger charge is -2.28. The zero-order valence-corrected chi connectivity index (χ0v) is 20.8. The van der Waals surface area contributed by atoms with Gasteiger partial charge < -0.3 is 24.3 Å². The number of thiocarbonyl (C=S) groups is 1. The van der Waals surface area contributed by atoms with E-state index in [-0.39, 0.29) is 18.1 Å². The number of benzene rings is 1. The summed E-state index contributed by atoms with van der Waals surface area (Å²) in [6.07, 6.45) is 2.80.